The van der Waals surface area contributed by atoms with E-state index in [2.05, 4.69) is 80.3 Å². The van der Waals surface area contributed by atoms with Gasteiger partial charge in [0.05, 0.1) is 5.69 Å². The number of rotatable bonds is 3. The summed E-state index contributed by atoms with van der Waals surface area (Å²) in [4.78, 5) is 2.27. The fourth-order valence-electron chi connectivity index (χ4n) is 3.14. The highest BCUT2D eigenvalue weighted by atomic mass is 15.1. The van der Waals surface area contributed by atoms with Crippen LogP contribution in [0.5, 0.6) is 0 Å². The molecule has 0 radical (unpaired) electrons. The molecule has 0 amide bonds. The van der Waals surface area contributed by atoms with Gasteiger partial charge in [0.15, 0.2) is 0 Å². The van der Waals surface area contributed by atoms with Gasteiger partial charge < -0.3 is 10.6 Å². The molecule has 24 heavy (non-hydrogen) atoms. The number of hydrogen-bond acceptors (Lipinski definition) is 2. The first-order valence-corrected chi connectivity index (χ1v) is 8.27. The van der Waals surface area contributed by atoms with E-state index in [1.165, 1.54) is 0 Å². The van der Waals surface area contributed by atoms with Gasteiger partial charge in [-0.1, -0.05) is 63.2 Å². The Kier molecular flexibility index (Phi) is 4.30. The van der Waals surface area contributed by atoms with Gasteiger partial charge in [0.25, 0.3) is 0 Å². The molecule has 2 N–H and O–H groups in total. The van der Waals surface area contributed by atoms with E-state index in [0.29, 0.717) is 0 Å². The summed E-state index contributed by atoms with van der Waals surface area (Å²) in [5.41, 5.74) is 11.7. The van der Waals surface area contributed by atoms with Crippen molar-refractivity contribution in [1.29, 1.82) is 0 Å². The summed E-state index contributed by atoms with van der Waals surface area (Å²) >= 11 is 0. The van der Waals surface area contributed by atoms with Gasteiger partial charge in [-0.3, -0.25) is 0 Å². The normalized spacial score (nSPS) is 11.3. The number of nitrogen functional groups attached to an aromatic ring is 1. The Morgan fingerprint density at radius 3 is 1.62 bits per heavy atom. The summed E-state index contributed by atoms with van der Waals surface area (Å²) in [6.45, 7) is 6.61. The quantitative estimate of drug-likeness (QED) is 0.597. The molecule has 2 heteroatoms. The molecule has 3 aromatic carbocycles. The van der Waals surface area contributed by atoms with E-state index in [-0.39, 0.29) is 5.41 Å². The van der Waals surface area contributed by atoms with Crippen molar-refractivity contribution in [2.75, 3.05) is 10.6 Å². The Morgan fingerprint density at radius 2 is 1.17 bits per heavy atom. The largest absolute Gasteiger partial charge is 0.398 e. The first-order valence-electron chi connectivity index (χ1n) is 8.27. The molecule has 122 valence electrons. The van der Waals surface area contributed by atoms with Gasteiger partial charge in [0.1, 0.15) is 0 Å². The van der Waals surface area contributed by atoms with Crippen LogP contribution in [0.2, 0.25) is 0 Å². The number of anilines is 4. The molecule has 0 fully saturated rings. The Bertz CT molecular complexity index is 763. The second kappa shape index (κ2) is 6.40. The van der Waals surface area contributed by atoms with Crippen LogP contribution in [0.15, 0.2) is 78.9 Å². The van der Waals surface area contributed by atoms with Gasteiger partial charge in [0, 0.05) is 22.6 Å². The van der Waals surface area contributed by atoms with Crippen LogP contribution in [0.3, 0.4) is 0 Å². The summed E-state index contributed by atoms with van der Waals surface area (Å²) < 4.78 is 0. The van der Waals surface area contributed by atoms with Crippen LogP contribution >= 0.6 is 0 Å². The lowest BCUT2D eigenvalue weighted by molar-refractivity contribution is 0.593. The topological polar surface area (TPSA) is 29.3 Å². The first-order chi connectivity index (χ1) is 11.5. The van der Waals surface area contributed by atoms with E-state index in [9.17, 15) is 0 Å². The molecule has 3 rings (SSSR count). The molecule has 0 saturated carbocycles. The molecule has 3 aromatic rings. The standard InChI is InChI=1S/C22H24N2/c1-22(2,3)21-19(23)15-10-16-20(21)24(17-11-6-4-7-12-17)18-13-8-5-9-14-18/h4-16H,23H2,1-3H3. The van der Waals surface area contributed by atoms with Gasteiger partial charge in [-0.15, -0.1) is 0 Å². The zero-order valence-corrected chi connectivity index (χ0v) is 14.5. The molecular formula is C22H24N2. The highest BCUT2D eigenvalue weighted by Gasteiger charge is 2.25. The van der Waals surface area contributed by atoms with Crippen molar-refractivity contribution >= 4 is 22.7 Å². The Balaban J connectivity index is 2.27. The average molecular weight is 316 g/mol. The third kappa shape index (κ3) is 3.13. The Hall–Kier alpha value is -2.74. The molecule has 0 spiro atoms. The number of nitrogens with two attached hydrogens (primary N) is 1. The van der Waals surface area contributed by atoms with E-state index in [0.717, 1.165) is 28.3 Å². The van der Waals surface area contributed by atoms with E-state index in [4.69, 9.17) is 5.73 Å². The maximum Gasteiger partial charge on any atom is 0.0519 e. The van der Waals surface area contributed by atoms with Crippen molar-refractivity contribution in [3.8, 4) is 0 Å². The molecular weight excluding hydrogens is 292 g/mol. The number of para-hydroxylation sites is 2. The Labute approximate surface area is 144 Å². The maximum absolute atomic E-state index is 6.37. The molecule has 0 aliphatic heterocycles. The lowest BCUT2D eigenvalue weighted by Gasteiger charge is -2.32. The molecule has 0 aliphatic rings. The minimum atomic E-state index is -0.0531. The van der Waals surface area contributed by atoms with Crippen molar-refractivity contribution in [1.82, 2.24) is 0 Å². The van der Waals surface area contributed by atoms with Crippen LogP contribution < -0.4 is 10.6 Å². The van der Waals surface area contributed by atoms with Gasteiger partial charge in [-0.2, -0.15) is 0 Å². The van der Waals surface area contributed by atoms with Crippen LogP contribution in [0.25, 0.3) is 0 Å². The third-order valence-electron chi connectivity index (χ3n) is 4.09. The van der Waals surface area contributed by atoms with Crippen molar-refractivity contribution < 1.29 is 0 Å². The zero-order valence-electron chi connectivity index (χ0n) is 14.5. The fourth-order valence-corrected chi connectivity index (χ4v) is 3.14. The van der Waals surface area contributed by atoms with Crippen LogP contribution in [-0.4, -0.2) is 0 Å². The minimum Gasteiger partial charge on any atom is -0.398 e. The maximum atomic E-state index is 6.37. The van der Waals surface area contributed by atoms with Crippen LogP contribution in [-0.2, 0) is 5.41 Å². The lowest BCUT2D eigenvalue weighted by atomic mass is 9.84. The second-order valence-electron chi connectivity index (χ2n) is 7.00. The number of hydrogen-bond donors (Lipinski definition) is 1. The van der Waals surface area contributed by atoms with Crippen molar-refractivity contribution in [3.05, 3.63) is 84.4 Å². The SMILES string of the molecule is CC(C)(C)c1c(N)cccc1N(c1ccccc1)c1ccccc1. The molecule has 0 aliphatic carbocycles. The molecule has 2 nitrogen and oxygen atoms in total. The van der Waals surface area contributed by atoms with Crippen molar-refractivity contribution in [3.63, 3.8) is 0 Å². The summed E-state index contributed by atoms with van der Waals surface area (Å²) in [6.07, 6.45) is 0. The van der Waals surface area contributed by atoms with Gasteiger partial charge in [-0.05, 0) is 41.8 Å². The summed E-state index contributed by atoms with van der Waals surface area (Å²) in [7, 11) is 0. The number of benzene rings is 3. The lowest BCUT2D eigenvalue weighted by Crippen LogP contribution is -2.20. The van der Waals surface area contributed by atoms with E-state index >= 15 is 0 Å². The average Bonchev–Trinajstić information content (AvgIpc) is 2.56. The molecule has 0 saturated heterocycles. The summed E-state index contributed by atoms with van der Waals surface area (Å²) in [6, 6.07) is 27.0. The smallest absolute Gasteiger partial charge is 0.0519 e. The predicted octanol–water partition coefficient (Wildman–Crippen LogP) is 6.04. The fraction of sp³-hybridized carbons (Fsp3) is 0.182. The van der Waals surface area contributed by atoms with Gasteiger partial charge in [-0.25, -0.2) is 0 Å². The highest BCUT2D eigenvalue weighted by molar-refractivity contribution is 5.81. The zero-order chi connectivity index (χ0) is 17.2. The third-order valence-corrected chi connectivity index (χ3v) is 4.09. The predicted molar refractivity (Wildman–Crippen MR) is 104 cm³/mol. The molecule has 0 heterocycles. The summed E-state index contributed by atoms with van der Waals surface area (Å²) in [5.74, 6) is 0. The molecule has 0 unspecified atom stereocenters. The summed E-state index contributed by atoms with van der Waals surface area (Å²) in [5, 5.41) is 0. The van der Waals surface area contributed by atoms with E-state index in [1.54, 1.807) is 0 Å². The van der Waals surface area contributed by atoms with Crippen LogP contribution in [0.4, 0.5) is 22.7 Å². The monoisotopic (exact) mass is 316 g/mol. The van der Waals surface area contributed by atoms with Crippen molar-refractivity contribution in [2.24, 2.45) is 0 Å². The van der Waals surface area contributed by atoms with Crippen LogP contribution in [0, 0.1) is 0 Å². The minimum absolute atomic E-state index is 0.0531. The number of nitrogens with zero attached hydrogens (tertiary/aromatic N) is 1. The van der Waals surface area contributed by atoms with Crippen molar-refractivity contribution in [2.45, 2.75) is 26.2 Å². The van der Waals surface area contributed by atoms with Gasteiger partial charge in [0.2, 0.25) is 0 Å². The van der Waals surface area contributed by atoms with E-state index in [1.807, 2.05) is 24.3 Å². The van der Waals surface area contributed by atoms with E-state index < -0.39 is 0 Å². The second-order valence-corrected chi connectivity index (χ2v) is 7.00. The molecule has 0 atom stereocenters. The first kappa shape index (κ1) is 16.1. The molecule has 0 aromatic heterocycles. The van der Waals surface area contributed by atoms with Gasteiger partial charge >= 0.3 is 0 Å². The van der Waals surface area contributed by atoms with Crippen LogP contribution in [0.1, 0.15) is 26.3 Å². The Morgan fingerprint density at radius 1 is 0.667 bits per heavy atom. The molecule has 0 bridgehead atoms. The highest BCUT2D eigenvalue weighted by Crippen LogP contribution is 2.42.